The quantitative estimate of drug-likeness (QED) is 0.898. The summed E-state index contributed by atoms with van der Waals surface area (Å²) in [4.78, 5) is 13.0. The molecule has 0 unspecified atom stereocenters. The molecule has 2 rings (SSSR count). The molecule has 3 nitrogen and oxygen atoms in total. The highest BCUT2D eigenvalue weighted by molar-refractivity contribution is 7.23. The van der Waals surface area contributed by atoms with E-state index in [2.05, 4.69) is 0 Å². The van der Waals surface area contributed by atoms with Crippen LogP contribution in [0.1, 0.15) is 22.2 Å². The van der Waals surface area contributed by atoms with Gasteiger partial charge in [0.25, 0.3) is 0 Å². The van der Waals surface area contributed by atoms with E-state index < -0.39 is 5.97 Å². The van der Waals surface area contributed by atoms with Gasteiger partial charge in [-0.25, -0.2) is 4.79 Å². The molecule has 3 N–H and O–H groups in total. The Morgan fingerprint density at radius 3 is 2.71 bits per heavy atom. The molecule has 0 amide bonds. The molecule has 0 saturated carbocycles. The van der Waals surface area contributed by atoms with Crippen molar-refractivity contribution in [1.29, 1.82) is 0 Å². The first-order valence-electron chi connectivity index (χ1n) is 4.94. The molecular formula is C11H10ClNO2S2. The summed E-state index contributed by atoms with van der Waals surface area (Å²) < 4.78 is 0. The number of rotatable bonds is 3. The molecule has 2 aromatic rings. The Balaban J connectivity index is 2.66. The van der Waals surface area contributed by atoms with E-state index in [4.69, 9.17) is 22.4 Å². The number of anilines is 1. The summed E-state index contributed by atoms with van der Waals surface area (Å²) in [6, 6.07) is 1.80. The number of carbonyl (C=O) groups is 1. The lowest BCUT2D eigenvalue weighted by molar-refractivity contribution is 0.0703. The molecule has 0 radical (unpaired) electrons. The van der Waals surface area contributed by atoms with Crippen molar-refractivity contribution in [3.63, 3.8) is 0 Å². The Labute approximate surface area is 111 Å². The Hall–Kier alpha value is -1.04. The van der Waals surface area contributed by atoms with Crippen LogP contribution in [0.2, 0.25) is 5.02 Å². The van der Waals surface area contributed by atoms with Gasteiger partial charge in [0.15, 0.2) is 0 Å². The van der Waals surface area contributed by atoms with Crippen LogP contribution in [0.25, 0.3) is 9.75 Å². The van der Waals surface area contributed by atoms with Gasteiger partial charge in [-0.2, -0.15) is 0 Å². The summed E-state index contributed by atoms with van der Waals surface area (Å²) >= 11 is 8.76. The van der Waals surface area contributed by atoms with Gasteiger partial charge in [-0.15, -0.1) is 22.7 Å². The van der Waals surface area contributed by atoms with E-state index in [0.29, 0.717) is 17.1 Å². The maximum atomic E-state index is 11.1. The molecular weight excluding hydrogens is 278 g/mol. The van der Waals surface area contributed by atoms with Crippen LogP contribution in [-0.2, 0) is 6.42 Å². The lowest BCUT2D eigenvalue weighted by Gasteiger charge is -2.00. The van der Waals surface area contributed by atoms with E-state index in [0.717, 1.165) is 15.3 Å². The summed E-state index contributed by atoms with van der Waals surface area (Å²) in [6.07, 6.45) is 0.694. The van der Waals surface area contributed by atoms with E-state index in [1.165, 1.54) is 22.7 Å². The fourth-order valence-corrected chi connectivity index (χ4v) is 4.17. The van der Waals surface area contributed by atoms with Crippen LogP contribution in [0, 0.1) is 0 Å². The van der Waals surface area contributed by atoms with Crippen molar-refractivity contribution in [3.05, 3.63) is 26.9 Å². The van der Waals surface area contributed by atoms with Gasteiger partial charge < -0.3 is 10.8 Å². The molecule has 0 fully saturated rings. The number of carboxylic acids is 1. The number of aromatic carboxylic acids is 1. The summed E-state index contributed by atoms with van der Waals surface area (Å²) in [5.74, 6) is -0.985. The molecule has 0 aliphatic carbocycles. The maximum Gasteiger partial charge on any atom is 0.348 e. The fraction of sp³-hybridized carbons (Fsp3) is 0.182. The van der Waals surface area contributed by atoms with Gasteiger partial charge >= 0.3 is 5.97 Å². The van der Waals surface area contributed by atoms with E-state index in [1.807, 2.05) is 12.3 Å². The van der Waals surface area contributed by atoms with Gasteiger partial charge in [0.05, 0.1) is 20.5 Å². The lowest BCUT2D eigenvalue weighted by atomic mass is 10.1. The van der Waals surface area contributed by atoms with Crippen molar-refractivity contribution in [2.75, 3.05) is 5.73 Å². The van der Waals surface area contributed by atoms with Crippen molar-refractivity contribution in [2.45, 2.75) is 13.3 Å². The summed E-state index contributed by atoms with van der Waals surface area (Å²) in [5.41, 5.74) is 7.10. The molecule has 6 heteroatoms. The average molecular weight is 288 g/mol. The van der Waals surface area contributed by atoms with Crippen molar-refractivity contribution in [2.24, 2.45) is 0 Å². The molecule has 0 spiro atoms. The topological polar surface area (TPSA) is 63.3 Å². The summed E-state index contributed by atoms with van der Waals surface area (Å²) in [6.45, 7) is 1.95. The zero-order valence-corrected chi connectivity index (χ0v) is 11.4. The normalized spacial score (nSPS) is 10.7. The molecule has 0 aliphatic rings. The average Bonchev–Trinajstić information content (AvgIpc) is 2.81. The first kappa shape index (κ1) is 12.4. The maximum absolute atomic E-state index is 11.1. The highest BCUT2D eigenvalue weighted by atomic mass is 35.5. The SMILES string of the molecule is CCc1c(-c2sccc2Cl)sc(C(=O)O)c1N. The first-order chi connectivity index (χ1) is 8.06. The number of thiophene rings is 2. The second-order valence-corrected chi connectivity index (χ2v) is 5.75. The van der Waals surface area contributed by atoms with Crippen molar-refractivity contribution in [1.82, 2.24) is 0 Å². The highest BCUT2D eigenvalue weighted by Gasteiger charge is 2.22. The zero-order chi connectivity index (χ0) is 12.6. The largest absolute Gasteiger partial charge is 0.477 e. The van der Waals surface area contributed by atoms with Crippen LogP contribution in [0.5, 0.6) is 0 Å². The second-order valence-electron chi connectivity index (χ2n) is 3.41. The van der Waals surface area contributed by atoms with E-state index in [9.17, 15) is 4.79 Å². The minimum atomic E-state index is -0.985. The number of halogens is 1. The minimum Gasteiger partial charge on any atom is -0.477 e. The van der Waals surface area contributed by atoms with Crippen LogP contribution < -0.4 is 5.73 Å². The van der Waals surface area contributed by atoms with Crippen LogP contribution in [0.4, 0.5) is 5.69 Å². The smallest absolute Gasteiger partial charge is 0.348 e. The number of carboxylic acid groups (broad SMARTS) is 1. The van der Waals surface area contributed by atoms with Gasteiger partial charge in [-0.05, 0) is 23.4 Å². The Morgan fingerprint density at radius 1 is 1.53 bits per heavy atom. The minimum absolute atomic E-state index is 0.196. The van der Waals surface area contributed by atoms with Crippen molar-refractivity contribution < 1.29 is 9.90 Å². The molecule has 0 bridgehead atoms. The fourth-order valence-electron chi connectivity index (χ4n) is 1.63. The van der Waals surface area contributed by atoms with Gasteiger partial charge in [0.1, 0.15) is 4.88 Å². The third-order valence-corrected chi connectivity index (χ3v) is 5.16. The summed E-state index contributed by atoms with van der Waals surface area (Å²) in [5, 5.41) is 11.6. The number of nitrogens with two attached hydrogens (primary N) is 1. The molecule has 0 atom stereocenters. The van der Waals surface area contributed by atoms with E-state index in [1.54, 1.807) is 6.07 Å². The van der Waals surface area contributed by atoms with Crippen LogP contribution in [0.15, 0.2) is 11.4 Å². The van der Waals surface area contributed by atoms with Crippen LogP contribution >= 0.6 is 34.3 Å². The highest BCUT2D eigenvalue weighted by Crippen LogP contribution is 2.44. The monoisotopic (exact) mass is 287 g/mol. The van der Waals surface area contributed by atoms with E-state index >= 15 is 0 Å². The predicted octanol–water partition coefficient (Wildman–Crippen LogP) is 3.97. The van der Waals surface area contributed by atoms with Gasteiger partial charge in [0.2, 0.25) is 0 Å². The predicted molar refractivity (Wildman–Crippen MR) is 73.4 cm³/mol. The third-order valence-electron chi connectivity index (χ3n) is 2.42. The van der Waals surface area contributed by atoms with Crippen LogP contribution in [-0.4, -0.2) is 11.1 Å². The molecule has 2 heterocycles. The molecule has 0 saturated heterocycles. The molecule has 0 aliphatic heterocycles. The second kappa shape index (κ2) is 4.68. The lowest BCUT2D eigenvalue weighted by Crippen LogP contribution is -1.99. The Bertz CT molecular complexity index is 574. The Morgan fingerprint density at radius 2 is 2.24 bits per heavy atom. The zero-order valence-electron chi connectivity index (χ0n) is 8.99. The number of hydrogen-bond donors (Lipinski definition) is 2. The first-order valence-corrected chi connectivity index (χ1v) is 7.01. The molecule has 17 heavy (non-hydrogen) atoms. The van der Waals surface area contributed by atoms with Gasteiger partial charge in [-0.3, -0.25) is 0 Å². The summed E-state index contributed by atoms with van der Waals surface area (Å²) in [7, 11) is 0. The standard InChI is InChI=1S/C11H10ClNO2S2/c1-2-5-7(13)10(11(14)15)17-8(5)9-6(12)3-4-16-9/h3-4H,2,13H2,1H3,(H,14,15). The van der Waals surface area contributed by atoms with Crippen molar-refractivity contribution in [3.8, 4) is 9.75 Å². The Kier molecular flexibility index (Phi) is 3.42. The van der Waals surface area contributed by atoms with E-state index in [-0.39, 0.29) is 4.88 Å². The molecule has 90 valence electrons. The molecule has 2 aromatic heterocycles. The van der Waals surface area contributed by atoms with Gasteiger partial charge in [0, 0.05) is 0 Å². The number of hydrogen-bond acceptors (Lipinski definition) is 4. The third kappa shape index (κ3) is 2.06. The number of nitrogen functional groups attached to an aromatic ring is 1. The molecule has 0 aromatic carbocycles. The van der Waals surface area contributed by atoms with Crippen molar-refractivity contribution >= 4 is 45.9 Å². The van der Waals surface area contributed by atoms with Crippen LogP contribution in [0.3, 0.4) is 0 Å². The van der Waals surface area contributed by atoms with Gasteiger partial charge in [-0.1, -0.05) is 18.5 Å².